The third-order valence-corrected chi connectivity index (χ3v) is 4.95. The molecule has 2 rings (SSSR count). The van der Waals surface area contributed by atoms with E-state index in [0.717, 1.165) is 24.6 Å². The number of pyridine rings is 1. The second kappa shape index (κ2) is 6.98. The summed E-state index contributed by atoms with van der Waals surface area (Å²) in [5.41, 5.74) is 6.15. The van der Waals surface area contributed by atoms with E-state index in [1.165, 1.54) is 0 Å². The van der Waals surface area contributed by atoms with Crippen molar-refractivity contribution < 1.29 is 8.42 Å². The lowest BCUT2D eigenvalue weighted by atomic mass is 10.1. The Morgan fingerprint density at radius 1 is 1.29 bits per heavy atom. The molecule has 0 bridgehead atoms. The van der Waals surface area contributed by atoms with Crippen molar-refractivity contribution in [3.63, 3.8) is 0 Å². The molecule has 2 aromatic rings. The fraction of sp³-hybridized carbons (Fsp3) is 0.400. The zero-order chi connectivity index (χ0) is 15.3. The van der Waals surface area contributed by atoms with Crippen LogP contribution in [0.5, 0.6) is 0 Å². The van der Waals surface area contributed by atoms with Gasteiger partial charge in [0.1, 0.15) is 4.90 Å². The summed E-state index contributed by atoms with van der Waals surface area (Å²) in [4.78, 5) is 4.40. The standard InChI is InChI=1S/C15H21N3O2S/c1-2-3-8-13(11-16)18-21(19,20)14-9-4-6-12-7-5-10-17-15(12)14/h4-7,9-10,13,18H,2-3,8,11,16H2,1H3. The summed E-state index contributed by atoms with van der Waals surface area (Å²) in [5, 5.41) is 0.804. The van der Waals surface area contributed by atoms with Crippen molar-refractivity contribution in [2.24, 2.45) is 5.73 Å². The third kappa shape index (κ3) is 3.78. The highest BCUT2D eigenvalue weighted by Crippen LogP contribution is 2.21. The van der Waals surface area contributed by atoms with Gasteiger partial charge in [0, 0.05) is 24.2 Å². The summed E-state index contributed by atoms with van der Waals surface area (Å²) >= 11 is 0. The topological polar surface area (TPSA) is 85.1 Å². The zero-order valence-corrected chi connectivity index (χ0v) is 12.9. The van der Waals surface area contributed by atoms with E-state index in [1.807, 2.05) is 12.1 Å². The number of aromatic nitrogens is 1. The zero-order valence-electron chi connectivity index (χ0n) is 12.1. The van der Waals surface area contributed by atoms with Crippen LogP contribution in [0.4, 0.5) is 0 Å². The van der Waals surface area contributed by atoms with Crippen LogP contribution in [0.1, 0.15) is 26.2 Å². The number of nitrogens with one attached hydrogen (secondary N) is 1. The maximum atomic E-state index is 12.6. The first-order valence-corrected chi connectivity index (χ1v) is 8.63. The highest BCUT2D eigenvalue weighted by Gasteiger charge is 2.21. The van der Waals surface area contributed by atoms with Crippen LogP contribution in [0.25, 0.3) is 10.9 Å². The number of para-hydroxylation sites is 1. The van der Waals surface area contributed by atoms with E-state index in [2.05, 4.69) is 16.6 Å². The number of sulfonamides is 1. The van der Waals surface area contributed by atoms with Gasteiger partial charge in [0.2, 0.25) is 10.0 Å². The predicted molar refractivity (Wildman–Crippen MR) is 84.4 cm³/mol. The number of hydrogen-bond acceptors (Lipinski definition) is 4. The van der Waals surface area contributed by atoms with Gasteiger partial charge in [-0.25, -0.2) is 13.1 Å². The normalized spacial score (nSPS) is 13.4. The number of rotatable bonds is 7. The SMILES string of the molecule is CCCCC(CN)NS(=O)(=O)c1cccc2cccnc12. The van der Waals surface area contributed by atoms with E-state index in [0.29, 0.717) is 5.52 Å². The van der Waals surface area contributed by atoms with Crippen molar-refractivity contribution >= 4 is 20.9 Å². The molecule has 1 aromatic carbocycles. The highest BCUT2D eigenvalue weighted by atomic mass is 32.2. The van der Waals surface area contributed by atoms with Gasteiger partial charge in [0.05, 0.1) is 5.52 Å². The first-order chi connectivity index (χ1) is 10.1. The van der Waals surface area contributed by atoms with Crippen LogP contribution in [0.15, 0.2) is 41.4 Å². The van der Waals surface area contributed by atoms with Crippen LogP contribution in [0.2, 0.25) is 0 Å². The van der Waals surface area contributed by atoms with E-state index in [9.17, 15) is 8.42 Å². The van der Waals surface area contributed by atoms with Gasteiger partial charge >= 0.3 is 0 Å². The van der Waals surface area contributed by atoms with Gasteiger partial charge in [-0.15, -0.1) is 0 Å². The smallest absolute Gasteiger partial charge is 0.243 e. The Morgan fingerprint density at radius 2 is 2.05 bits per heavy atom. The Kier molecular flexibility index (Phi) is 5.27. The largest absolute Gasteiger partial charge is 0.329 e. The molecule has 0 saturated heterocycles. The van der Waals surface area contributed by atoms with E-state index in [-0.39, 0.29) is 17.5 Å². The average Bonchev–Trinajstić information content (AvgIpc) is 2.50. The summed E-state index contributed by atoms with van der Waals surface area (Å²) in [7, 11) is -3.62. The van der Waals surface area contributed by atoms with Crippen LogP contribution in [0, 0.1) is 0 Å². The minimum Gasteiger partial charge on any atom is -0.329 e. The van der Waals surface area contributed by atoms with Crippen molar-refractivity contribution in [1.29, 1.82) is 0 Å². The summed E-state index contributed by atoms with van der Waals surface area (Å²) < 4.78 is 27.8. The van der Waals surface area contributed by atoms with Gasteiger partial charge in [-0.3, -0.25) is 4.98 Å². The molecule has 0 saturated carbocycles. The minimum atomic E-state index is -3.62. The van der Waals surface area contributed by atoms with Gasteiger partial charge in [0.25, 0.3) is 0 Å². The van der Waals surface area contributed by atoms with Crippen LogP contribution in [-0.2, 0) is 10.0 Å². The average molecular weight is 307 g/mol. The van der Waals surface area contributed by atoms with Crippen LogP contribution < -0.4 is 10.5 Å². The molecule has 0 fully saturated rings. The molecule has 0 radical (unpaired) electrons. The molecule has 21 heavy (non-hydrogen) atoms. The number of unbranched alkanes of at least 4 members (excludes halogenated alkanes) is 1. The molecule has 114 valence electrons. The first kappa shape index (κ1) is 15.9. The fourth-order valence-corrected chi connectivity index (χ4v) is 3.71. The lowest BCUT2D eigenvalue weighted by Gasteiger charge is -2.17. The molecule has 1 atom stereocenters. The Hall–Kier alpha value is -1.50. The number of nitrogens with two attached hydrogens (primary N) is 1. The molecule has 1 aromatic heterocycles. The lowest BCUT2D eigenvalue weighted by molar-refractivity contribution is 0.516. The van der Waals surface area contributed by atoms with Gasteiger partial charge < -0.3 is 5.73 Å². The molecule has 0 amide bonds. The number of nitrogens with zero attached hydrogens (tertiary/aromatic N) is 1. The van der Waals surface area contributed by atoms with Crippen molar-refractivity contribution in [3.8, 4) is 0 Å². The van der Waals surface area contributed by atoms with Gasteiger partial charge in [-0.05, 0) is 18.6 Å². The van der Waals surface area contributed by atoms with Crippen molar-refractivity contribution in [1.82, 2.24) is 9.71 Å². The van der Waals surface area contributed by atoms with E-state index in [1.54, 1.807) is 24.4 Å². The number of hydrogen-bond donors (Lipinski definition) is 2. The van der Waals surface area contributed by atoms with E-state index >= 15 is 0 Å². The monoisotopic (exact) mass is 307 g/mol. The Morgan fingerprint density at radius 3 is 2.76 bits per heavy atom. The summed E-state index contributed by atoms with van der Waals surface area (Å²) in [6.45, 7) is 2.36. The predicted octanol–water partition coefficient (Wildman–Crippen LogP) is 2.03. The fourth-order valence-electron chi connectivity index (χ4n) is 2.25. The molecular weight excluding hydrogens is 286 g/mol. The maximum absolute atomic E-state index is 12.6. The number of benzene rings is 1. The van der Waals surface area contributed by atoms with Crippen molar-refractivity contribution in [2.45, 2.75) is 37.1 Å². The van der Waals surface area contributed by atoms with E-state index < -0.39 is 10.0 Å². The lowest BCUT2D eigenvalue weighted by Crippen LogP contribution is -2.40. The molecule has 0 aliphatic carbocycles. The van der Waals surface area contributed by atoms with Gasteiger partial charge in [-0.2, -0.15) is 0 Å². The molecule has 5 nitrogen and oxygen atoms in total. The first-order valence-electron chi connectivity index (χ1n) is 7.14. The minimum absolute atomic E-state index is 0.204. The molecule has 1 unspecified atom stereocenters. The molecule has 0 aliphatic heterocycles. The van der Waals surface area contributed by atoms with Gasteiger partial charge in [0.15, 0.2) is 0 Å². The molecule has 1 heterocycles. The quantitative estimate of drug-likeness (QED) is 0.819. The molecular formula is C15H21N3O2S. The van der Waals surface area contributed by atoms with Crippen molar-refractivity contribution in [2.75, 3.05) is 6.54 Å². The second-order valence-corrected chi connectivity index (χ2v) is 6.71. The highest BCUT2D eigenvalue weighted by molar-refractivity contribution is 7.89. The van der Waals surface area contributed by atoms with Gasteiger partial charge in [-0.1, -0.05) is 38.0 Å². The summed E-state index contributed by atoms with van der Waals surface area (Å²) in [6, 6.07) is 8.54. The Balaban J connectivity index is 2.33. The van der Waals surface area contributed by atoms with Crippen molar-refractivity contribution in [3.05, 3.63) is 36.5 Å². The molecule has 3 N–H and O–H groups in total. The maximum Gasteiger partial charge on any atom is 0.243 e. The number of fused-ring (bicyclic) bond motifs is 1. The van der Waals surface area contributed by atoms with Crippen LogP contribution in [0.3, 0.4) is 0 Å². The molecule has 0 aliphatic rings. The van der Waals surface area contributed by atoms with E-state index in [4.69, 9.17) is 5.73 Å². The van der Waals surface area contributed by atoms with Crippen LogP contribution in [-0.4, -0.2) is 26.0 Å². The molecule has 6 heteroatoms. The summed E-state index contributed by atoms with van der Waals surface area (Å²) in [6.07, 6.45) is 4.29. The molecule has 0 spiro atoms. The summed E-state index contributed by atoms with van der Waals surface area (Å²) in [5.74, 6) is 0. The van der Waals surface area contributed by atoms with Crippen LogP contribution >= 0.6 is 0 Å². The second-order valence-electron chi connectivity index (χ2n) is 5.03. The Labute approximate surface area is 125 Å². The third-order valence-electron chi connectivity index (χ3n) is 3.40. The Bertz CT molecular complexity index is 696.